The van der Waals surface area contributed by atoms with Crippen LogP contribution in [0.1, 0.15) is 40.9 Å². The molecule has 3 rings (SSSR count). The van der Waals surface area contributed by atoms with Gasteiger partial charge in [-0.3, -0.25) is 0 Å². The average Bonchev–Trinajstić information content (AvgIpc) is 3.15. The molecule has 4 nitrogen and oxygen atoms in total. The van der Waals surface area contributed by atoms with Crippen LogP contribution >= 0.6 is 11.6 Å². The quantitative estimate of drug-likeness (QED) is 0.582. The molecule has 0 N–H and O–H groups in total. The van der Waals surface area contributed by atoms with Crippen molar-refractivity contribution in [1.29, 1.82) is 0 Å². The largest absolute Gasteiger partial charge is 0.449 e. The highest BCUT2D eigenvalue weighted by atomic mass is 35.5. The first-order chi connectivity index (χ1) is 13.0. The smallest absolute Gasteiger partial charge is 0.419 e. The minimum Gasteiger partial charge on any atom is -0.449 e. The number of carbonyl (C=O) groups is 1. The van der Waals surface area contributed by atoms with Gasteiger partial charge in [-0.15, -0.1) is 0 Å². The van der Waals surface area contributed by atoms with Gasteiger partial charge in [-0.05, 0) is 48.2 Å². The molecule has 0 aliphatic carbocycles. The fourth-order valence-electron chi connectivity index (χ4n) is 3.15. The van der Waals surface area contributed by atoms with Crippen LogP contribution in [-0.4, -0.2) is 22.3 Å². The summed E-state index contributed by atoms with van der Waals surface area (Å²) in [5, 5.41) is 0.694. The number of carbonyl (C=O) groups excluding carboxylic acids is 1. The molecule has 0 amide bonds. The fraction of sp³-hybridized carbons (Fsp3) is 0.273. The van der Waals surface area contributed by atoms with Gasteiger partial charge in [0.1, 0.15) is 5.82 Å². The Morgan fingerprint density at radius 1 is 1.19 bits per heavy atom. The highest BCUT2D eigenvalue weighted by molar-refractivity contribution is 6.30. The highest BCUT2D eigenvalue weighted by Gasteiger charge is 2.20. The molecular formula is C22H23ClN2O2. The Balaban J connectivity index is 1.69. The molecule has 140 valence electrons. The lowest BCUT2D eigenvalue weighted by Gasteiger charge is -2.17. The summed E-state index contributed by atoms with van der Waals surface area (Å²) in [4.78, 5) is 16.9. The highest BCUT2D eigenvalue weighted by Crippen LogP contribution is 2.27. The van der Waals surface area contributed by atoms with E-state index in [4.69, 9.17) is 16.3 Å². The van der Waals surface area contributed by atoms with E-state index >= 15 is 0 Å². The van der Waals surface area contributed by atoms with E-state index in [0.29, 0.717) is 23.9 Å². The second-order valence-electron chi connectivity index (χ2n) is 6.66. The Bertz CT molecular complexity index is 932. The van der Waals surface area contributed by atoms with Crippen LogP contribution in [0.5, 0.6) is 0 Å². The van der Waals surface area contributed by atoms with Crippen LogP contribution in [0.15, 0.2) is 54.9 Å². The Hall–Kier alpha value is -2.59. The fourth-order valence-corrected chi connectivity index (χ4v) is 3.27. The summed E-state index contributed by atoms with van der Waals surface area (Å²) in [5.41, 5.74) is 4.68. The van der Waals surface area contributed by atoms with Gasteiger partial charge in [-0.1, -0.05) is 48.9 Å². The molecule has 5 heteroatoms. The van der Waals surface area contributed by atoms with Gasteiger partial charge in [0, 0.05) is 29.8 Å². The summed E-state index contributed by atoms with van der Waals surface area (Å²) < 4.78 is 6.95. The molecule has 27 heavy (non-hydrogen) atoms. The van der Waals surface area contributed by atoms with Crippen LogP contribution in [0.2, 0.25) is 5.02 Å². The van der Waals surface area contributed by atoms with Gasteiger partial charge in [0.05, 0.1) is 6.61 Å². The molecule has 0 aliphatic rings. The maximum atomic E-state index is 12.5. The zero-order valence-corrected chi connectivity index (χ0v) is 16.5. The first-order valence-electron chi connectivity index (χ1n) is 8.98. The van der Waals surface area contributed by atoms with Crippen LogP contribution in [-0.2, 0) is 11.2 Å². The minimum absolute atomic E-state index is 0.0104. The number of imidazole rings is 1. The van der Waals surface area contributed by atoms with Gasteiger partial charge in [-0.25, -0.2) is 14.3 Å². The topological polar surface area (TPSA) is 44.1 Å². The number of aromatic nitrogens is 2. The van der Waals surface area contributed by atoms with E-state index in [1.807, 2.05) is 30.3 Å². The van der Waals surface area contributed by atoms with Crippen molar-refractivity contribution < 1.29 is 9.53 Å². The van der Waals surface area contributed by atoms with E-state index < -0.39 is 6.09 Å². The van der Waals surface area contributed by atoms with Crippen molar-refractivity contribution in [1.82, 2.24) is 9.55 Å². The van der Waals surface area contributed by atoms with Crippen molar-refractivity contribution in [2.45, 2.75) is 33.1 Å². The Morgan fingerprint density at radius 3 is 2.67 bits per heavy atom. The Labute approximate surface area is 164 Å². The number of rotatable bonds is 5. The average molecular weight is 383 g/mol. The summed E-state index contributed by atoms with van der Waals surface area (Å²) in [6, 6.07) is 13.7. The second kappa shape index (κ2) is 8.40. The Kier molecular flexibility index (Phi) is 5.97. The van der Waals surface area contributed by atoms with Gasteiger partial charge < -0.3 is 4.74 Å². The molecule has 1 aromatic heterocycles. The molecule has 0 saturated carbocycles. The van der Waals surface area contributed by atoms with Crippen LogP contribution < -0.4 is 0 Å². The third-order valence-electron chi connectivity index (χ3n) is 4.90. The van der Waals surface area contributed by atoms with E-state index in [2.05, 4.69) is 37.9 Å². The predicted octanol–water partition coefficient (Wildman–Crippen LogP) is 5.53. The maximum Gasteiger partial charge on any atom is 0.419 e. The van der Waals surface area contributed by atoms with Gasteiger partial charge in [-0.2, -0.15) is 0 Å². The normalized spacial score (nSPS) is 12.0. The summed E-state index contributed by atoms with van der Waals surface area (Å²) in [6.45, 7) is 6.54. The number of nitrogens with zero attached hydrogens (tertiary/aromatic N) is 2. The minimum atomic E-state index is -0.409. The zero-order valence-electron chi connectivity index (χ0n) is 15.8. The summed E-state index contributed by atoms with van der Waals surface area (Å²) in [7, 11) is 0. The number of aryl methyl sites for hydroxylation is 1. The van der Waals surface area contributed by atoms with Crippen molar-refractivity contribution in [2.75, 3.05) is 6.61 Å². The summed E-state index contributed by atoms with van der Waals surface area (Å²) in [6.07, 6.45) is 3.52. The van der Waals surface area contributed by atoms with Crippen molar-refractivity contribution in [2.24, 2.45) is 0 Å². The van der Waals surface area contributed by atoms with Crippen molar-refractivity contribution >= 4 is 17.7 Å². The third-order valence-corrected chi connectivity index (χ3v) is 5.15. The lowest BCUT2D eigenvalue weighted by molar-refractivity contribution is 0.148. The van der Waals surface area contributed by atoms with E-state index in [9.17, 15) is 4.79 Å². The third kappa shape index (κ3) is 4.40. The van der Waals surface area contributed by atoms with Crippen molar-refractivity contribution in [3.63, 3.8) is 0 Å². The van der Waals surface area contributed by atoms with Crippen LogP contribution in [0.25, 0.3) is 0 Å². The Morgan fingerprint density at radius 2 is 1.93 bits per heavy atom. The molecule has 0 aliphatic heterocycles. The summed E-state index contributed by atoms with van der Waals surface area (Å²) in [5.74, 6) is 0.670. The van der Waals surface area contributed by atoms with E-state index in [-0.39, 0.29) is 5.92 Å². The molecule has 0 bridgehead atoms. The second-order valence-corrected chi connectivity index (χ2v) is 7.09. The van der Waals surface area contributed by atoms with E-state index in [1.165, 1.54) is 15.7 Å². The van der Waals surface area contributed by atoms with Crippen LogP contribution in [0, 0.1) is 13.8 Å². The first kappa shape index (κ1) is 19.2. The van der Waals surface area contributed by atoms with Gasteiger partial charge in [0.2, 0.25) is 0 Å². The van der Waals surface area contributed by atoms with Crippen molar-refractivity contribution in [3.8, 4) is 0 Å². The van der Waals surface area contributed by atoms with E-state index in [0.717, 1.165) is 11.1 Å². The molecular weight excluding hydrogens is 360 g/mol. The molecule has 1 heterocycles. The van der Waals surface area contributed by atoms with Gasteiger partial charge in [0.15, 0.2) is 0 Å². The number of benzene rings is 2. The van der Waals surface area contributed by atoms with Gasteiger partial charge >= 0.3 is 6.09 Å². The SMILES string of the molecule is Cc1cccc([C@H](C)c2nccn2C(=O)OCCc2ccc(Cl)cc2)c1C. The van der Waals surface area contributed by atoms with Crippen LogP contribution in [0.3, 0.4) is 0 Å². The predicted molar refractivity (Wildman–Crippen MR) is 108 cm³/mol. The number of ether oxygens (including phenoxy) is 1. The standard InChI is InChI=1S/C22H23ClN2O2/c1-15-5-4-6-20(16(15)2)17(3)21-24-12-13-25(21)22(26)27-14-11-18-7-9-19(23)10-8-18/h4-10,12-13,17H,11,14H2,1-3H3/t17-/m0/s1. The lowest BCUT2D eigenvalue weighted by Crippen LogP contribution is -2.19. The molecule has 0 unspecified atom stereocenters. The maximum absolute atomic E-state index is 12.5. The molecule has 0 saturated heterocycles. The summed E-state index contributed by atoms with van der Waals surface area (Å²) >= 11 is 5.89. The first-order valence-corrected chi connectivity index (χ1v) is 9.36. The molecule has 3 aromatic rings. The number of hydrogen-bond acceptors (Lipinski definition) is 3. The molecule has 0 radical (unpaired) electrons. The molecule has 0 spiro atoms. The molecule has 2 aromatic carbocycles. The molecule has 1 atom stereocenters. The molecule has 0 fully saturated rings. The monoisotopic (exact) mass is 382 g/mol. The van der Waals surface area contributed by atoms with Crippen LogP contribution in [0.4, 0.5) is 4.79 Å². The zero-order chi connectivity index (χ0) is 19.4. The van der Waals surface area contributed by atoms with E-state index in [1.54, 1.807) is 12.4 Å². The lowest BCUT2D eigenvalue weighted by atomic mass is 9.93. The number of halogens is 1. The van der Waals surface area contributed by atoms with Gasteiger partial charge in [0.25, 0.3) is 0 Å². The number of hydrogen-bond donors (Lipinski definition) is 0. The van der Waals surface area contributed by atoms with Crippen molar-refractivity contribution in [3.05, 3.63) is 88.0 Å².